The molecule has 2 fully saturated rings. The summed E-state index contributed by atoms with van der Waals surface area (Å²) in [4.78, 5) is 26.9. The van der Waals surface area contributed by atoms with Crippen LogP contribution in [0.1, 0.15) is 31.7 Å². The van der Waals surface area contributed by atoms with E-state index in [1.165, 1.54) is 4.90 Å². The number of carbonyl (C=O) groups excluding carboxylic acids is 2. The predicted octanol–water partition coefficient (Wildman–Crippen LogP) is 4.28. The fourth-order valence-electron chi connectivity index (χ4n) is 4.04. The van der Waals surface area contributed by atoms with Crippen molar-refractivity contribution >= 4 is 17.5 Å². The Balaban J connectivity index is 1.51. The summed E-state index contributed by atoms with van der Waals surface area (Å²) in [6.45, 7) is 2.14. The Kier molecular flexibility index (Phi) is 4.41. The van der Waals surface area contributed by atoms with E-state index in [4.69, 9.17) is 10.00 Å². The lowest BCUT2D eigenvalue weighted by Crippen LogP contribution is -2.30. The molecule has 2 aromatic rings. The molecular formula is C22H20N2O3. The third kappa shape index (κ3) is 3.19. The highest BCUT2D eigenvalue weighted by Crippen LogP contribution is 2.42. The van der Waals surface area contributed by atoms with Gasteiger partial charge < -0.3 is 4.74 Å². The molecule has 1 heterocycles. The first-order chi connectivity index (χ1) is 13.1. The molecule has 1 aliphatic heterocycles. The molecule has 0 N–H and O–H groups in total. The van der Waals surface area contributed by atoms with E-state index in [2.05, 4.69) is 13.0 Å². The molecule has 136 valence electrons. The predicted molar refractivity (Wildman–Crippen MR) is 100 cm³/mol. The number of anilines is 1. The molecule has 1 saturated heterocycles. The van der Waals surface area contributed by atoms with E-state index in [1.54, 1.807) is 48.5 Å². The smallest absolute Gasteiger partial charge is 0.237 e. The van der Waals surface area contributed by atoms with Gasteiger partial charge in [-0.05, 0) is 73.7 Å². The minimum atomic E-state index is -0.171. The summed E-state index contributed by atoms with van der Waals surface area (Å²) in [6.07, 6.45) is 2.60. The SMILES string of the molecule is C[C@@H]1CC[C@H]2C(=O)N(c3ccc(Oc4ccc(C#N)cc4)cc3)C(=O)[C@H]2C1. The van der Waals surface area contributed by atoms with Gasteiger partial charge in [0, 0.05) is 0 Å². The van der Waals surface area contributed by atoms with Crippen molar-refractivity contribution in [1.29, 1.82) is 5.26 Å². The zero-order valence-electron chi connectivity index (χ0n) is 15.1. The van der Waals surface area contributed by atoms with Gasteiger partial charge in [0.2, 0.25) is 11.8 Å². The Labute approximate surface area is 158 Å². The fraction of sp³-hybridized carbons (Fsp3) is 0.318. The standard InChI is InChI=1S/C22H20N2O3/c1-14-2-11-19-20(12-14)22(26)24(21(19)25)16-5-9-18(10-6-16)27-17-7-3-15(13-23)4-8-17/h3-10,14,19-20H,2,11-12H2,1H3/t14-,19-,20+/m1/s1. The van der Waals surface area contributed by atoms with Crippen LogP contribution >= 0.6 is 0 Å². The number of hydrogen-bond donors (Lipinski definition) is 0. The van der Waals surface area contributed by atoms with Crippen LogP contribution in [0.2, 0.25) is 0 Å². The van der Waals surface area contributed by atoms with Crippen LogP contribution in [0.15, 0.2) is 48.5 Å². The molecule has 0 unspecified atom stereocenters. The first-order valence-corrected chi connectivity index (χ1v) is 9.22. The minimum Gasteiger partial charge on any atom is -0.457 e. The molecule has 0 spiro atoms. The van der Waals surface area contributed by atoms with Crippen LogP contribution in [0.3, 0.4) is 0 Å². The number of carbonyl (C=O) groups is 2. The normalized spacial score (nSPS) is 24.4. The molecule has 4 rings (SSSR count). The fourth-order valence-corrected chi connectivity index (χ4v) is 4.04. The maximum Gasteiger partial charge on any atom is 0.237 e. The number of benzene rings is 2. The summed E-state index contributed by atoms with van der Waals surface area (Å²) < 4.78 is 5.76. The average molecular weight is 360 g/mol. The number of fused-ring (bicyclic) bond motifs is 1. The van der Waals surface area contributed by atoms with E-state index in [-0.39, 0.29) is 23.7 Å². The zero-order valence-corrected chi connectivity index (χ0v) is 15.1. The molecular weight excluding hydrogens is 340 g/mol. The van der Waals surface area contributed by atoms with Crippen molar-refractivity contribution in [3.8, 4) is 17.6 Å². The van der Waals surface area contributed by atoms with E-state index >= 15 is 0 Å². The van der Waals surface area contributed by atoms with Gasteiger partial charge in [-0.2, -0.15) is 5.26 Å². The molecule has 5 heteroatoms. The Morgan fingerprint density at radius 1 is 0.926 bits per heavy atom. The molecule has 27 heavy (non-hydrogen) atoms. The lowest BCUT2D eigenvalue weighted by molar-refractivity contribution is -0.122. The van der Waals surface area contributed by atoms with Gasteiger partial charge >= 0.3 is 0 Å². The minimum absolute atomic E-state index is 0.0716. The highest BCUT2D eigenvalue weighted by molar-refractivity contribution is 6.22. The van der Waals surface area contributed by atoms with Crippen LogP contribution in [0.25, 0.3) is 0 Å². The highest BCUT2D eigenvalue weighted by Gasteiger charge is 2.49. The van der Waals surface area contributed by atoms with Gasteiger partial charge in [-0.3, -0.25) is 14.5 Å². The quantitative estimate of drug-likeness (QED) is 0.766. The summed E-state index contributed by atoms with van der Waals surface area (Å²) in [6, 6.07) is 15.9. The Morgan fingerprint density at radius 3 is 2.15 bits per heavy atom. The number of nitrogens with zero attached hydrogens (tertiary/aromatic N) is 2. The number of amides is 2. The Hall–Kier alpha value is -3.13. The van der Waals surface area contributed by atoms with Crippen LogP contribution in [0, 0.1) is 29.1 Å². The van der Waals surface area contributed by atoms with Gasteiger partial charge in [0.15, 0.2) is 0 Å². The largest absolute Gasteiger partial charge is 0.457 e. The van der Waals surface area contributed by atoms with Gasteiger partial charge in [0.1, 0.15) is 11.5 Å². The van der Waals surface area contributed by atoms with E-state index in [1.807, 2.05) is 0 Å². The van der Waals surface area contributed by atoms with Crippen molar-refractivity contribution in [2.75, 3.05) is 4.90 Å². The molecule has 1 aliphatic carbocycles. The van der Waals surface area contributed by atoms with Crippen molar-refractivity contribution in [3.63, 3.8) is 0 Å². The van der Waals surface area contributed by atoms with E-state index in [0.717, 1.165) is 19.3 Å². The van der Waals surface area contributed by atoms with Crippen molar-refractivity contribution in [3.05, 3.63) is 54.1 Å². The monoisotopic (exact) mass is 360 g/mol. The first kappa shape index (κ1) is 17.3. The number of rotatable bonds is 3. The van der Waals surface area contributed by atoms with Crippen molar-refractivity contribution < 1.29 is 14.3 Å². The second-order valence-electron chi connectivity index (χ2n) is 7.38. The second-order valence-corrected chi connectivity index (χ2v) is 7.38. The summed E-state index contributed by atoms with van der Waals surface area (Å²) in [7, 11) is 0. The van der Waals surface area contributed by atoms with Crippen molar-refractivity contribution in [1.82, 2.24) is 0 Å². The third-order valence-corrected chi connectivity index (χ3v) is 5.50. The van der Waals surface area contributed by atoms with Crippen LogP contribution < -0.4 is 9.64 Å². The van der Waals surface area contributed by atoms with Crippen LogP contribution in [0.5, 0.6) is 11.5 Å². The summed E-state index contributed by atoms with van der Waals surface area (Å²) >= 11 is 0. The van der Waals surface area contributed by atoms with Gasteiger partial charge in [-0.25, -0.2) is 0 Å². The lowest BCUT2D eigenvalue weighted by atomic mass is 9.76. The van der Waals surface area contributed by atoms with Gasteiger partial charge in [0.25, 0.3) is 0 Å². The summed E-state index contributed by atoms with van der Waals surface area (Å²) in [5, 5.41) is 8.84. The third-order valence-electron chi connectivity index (χ3n) is 5.50. The Morgan fingerprint density at radius 2 is 1.52 bits per heavy atom. The van der Waals surface area contributed by atoms with Gasteiger partial charge in [-0.1, -0.05) is 6.92 Å². The van der Waals surface area contributed by atoms with E-state index in [9.17, 15) is 9.59 Å². The Bertz CT molecular complexity index is 912. The van der Waals surface area contributed by atoms with Gasteiger partial charge in [-0.15, -0.1) is 0 Å². The molecule has 5 nitrogen and oxygen atoms in total. The molecule has 3 atom stereocenters. The van der Waals surface area contributed by atoms with Crippen LogP contribution in [0.4, 0.5) is 5.69 Å². The maximum absolute atomic E-state index is 12.8. The molecule has 2 aromatic carbocycles. The molecule has 0 bridgehead atoms. The van der Waals surface area contributed by atoms with Crippen LogP contribution in [-0.2, 0) is 9.59 Å². The molecule has 2 aliphatic rings. The van der Waals surface area contributed by atoms with Crippen molar-refractivity contribution in [2.45, 2.75) is 26.2 Å². The average Bonchev–Trinajstić information content (AvgIpc) is 2.93. The summed E-state index contributed by atoms with van der Waals surface area (Å²) in [5.74, 6) is 1.24. The maximum atomic E-state index is 12.8. The molecule has 1 saturated carbocycles. The highest BCUT2D eigenvalue weighted by atomic mass is 16.5. The zero-order chi connectivity index (χ0) is 19.0. The molecule has 2 amide bonds. The van der Waals surface area contributed by atoms with E-state index in [0.29, 0.717) is 28.7 Å². The summed E-state index contributed by atoms with van der Waals surface area (Å²) in [5.41, 5.74) is 1.17. The van der Waals surface area contributed by atoms with Crippen LogP contribution in [-0.4, -0.2) is 11.8 Å². The second kappa shape index (κ2) is 6.88. The number of nitriles is 1. The number of hydrogen-bond acceptors (Lipinski definition) is 4. The van der Waals surface area contributed by atoms with E-state index < -0.39 is 0 Å². The lowest BCUT2D eigenvalue weighted by Gasteiger charge is -2.25. The van der Waals surface area contributed by atoms with Gasteiger partial charge in [0.05, 0.1) is 29.2 Å². The first-order valence-electron chi connectivity index (χ1n) is 9.22. The molecule has 0 radical (unpaired) electrons. The molecule has 0 aromatic heterocycles. The van der Waals surface area contributed by atoms with Crippen molar-refractivity contribution in [2.24, 2.45) is 17.8 Å². The number of imide groups is 1. The number of ether oxygens (including phenoxy) is 1. The topological polar surface area (TPSA) is 70.4 Å².